The molecule has 3 heteroatoms. The summed E-state index contributed by atoms with van der Waals surface area (Å²) >= 11 is 0. The summed E-state index contributed by atoms with van der Waals surface area (Å²) in [4.78, 5) is 0. The molecule has 1 aromatic rings. The SMILES string of the molecule is CC.CC.CC.CCNC(C)CCO.CNc1cccc(C(C)C)c1. The molecule has 0 saturated carbocycles. The molecule has 25 heavy (non-hydrogen) atoms. The highest BCUT2D eigenvalue weighted by molar-refractivity contribution is 5.45. The van der Waals surface area contributed by atoms with Crippen molar-refractivity contribution in [2.24, 2.45) is 0 Å². The van der Waals surface area contributed by atoms with Gasteiger partial charge in [-0.05, 0) is 43.5 Å². The van der Waals surface area contributed by atoms with E-state index in [9.17, 15) is 0 Å². The smallest absolute Gasteiger partial charge is 0.0445 e. The third kappa shape index (κ3) is 22.9. The zero-order chi connectivity index (χ0) is 20.7. The first-order chi connectivity index (χ1) is 12.0. The van der Waals surface area contributed by atoms with E-state index in [-0.39, 0.29) is 6.61 Å². The second-order valence-electron chi connectivity index (χ2n) is 5.00. The first kappa shape index (κ1) is 31.7. The van der Waals surface area contributed by atoms with Gasteiger partial charge in [-0.3, -0.25) is 0 Å². The van der Waals surface area contributed by atoms with Gasteiger partial charge in [-0.2, -0.15) is 0 Å². The summed E-state index contributed by atoms with van der Waals surface area (Å²) in [5.41, 5.74) is 2.58. The van der Waals surface area contributed by atoms with Crippen molar-refractivity contribution in [1.29, 1.82) is 0 Å². The first-order valence-corrected chi connectivity index (χ1v) is 10.2. The van der Waals surface area contributed by atoms with Gasteiger partial charge >= 0.3 is 0 Å². The van der Waals surface area contributed by atoms with Gasteiger partial charge in [0.2, 0.25) is 0 Å². The second kappa shape index (κ2) is 27.8. The lowest BCUT2D eigenvalue weighted by molar-refractivity contribution is 0.270. The van der Waals surface area contributed by atoms with E-state index in [2.05, 4.69) is 62.6 Å². The highest BCUT2D eigenvalue weighted by atomic mass is 16.3. The Bertz CT molecular complexity index is 322. The predicted molar refractivity (Wildman–Crippen MR) is 119 cm³/mol. The van der Waals surface area contributed by atoms with Crippen LogP contribution in [0.5, 0.6) is 0 Å². The molecular weight excluding hydrogens is 308 g/mol. The highest BCUT2D eigenvalue weighted by Gasteiger charge is 1.97. The Kier molecular flexibility index (Phi) is 35.2. The van der Waals surface area contributed by atoms with Gasteiger partial charge < -0.3 is 15.7 Å². The molecule has 0 aliphatic carbocycles. The van der Waals surface area contributed by atoms with E-state index in [1.165, 1.54) is 11.3 Å². The Hall–Kier alpha value is -1.06. The van der Waals surface area contributed by atoms with Gasteiger partial charge in [0.15, 0.2) is 0 Å². The molecule has 1 rings (SSSR count). The standard InChI is InChI=1S/C10H15N.C6H15NO.3C2H6/c1-8(2)9-5-4-6-10(7-9)11-3;1-3-7-6(2)4-5-8;3*1-2/h4-8,11H,1-3H3;6-8H,3-5H2,1-2H3;3*1-2H3. The summed E-state index contributed by atoms with van der Waals surface area (Å²) in [5, 5.41) is 14.7. The summed E-state index contributed by atoms with van der Waals surface area (Å²) in [7, 11) is 1.94. The Morgan fingerprint density at radius 1 is 0.960 bits per heavy atom. The summed E-state index contributed by atoms with van der Waals surface area (Å²) in [6.07, 6.45) is 0.855. The molecule has 0 bridgehead atoms. The largest absolute Gasteiger partial charge is 0.396 e. The third-order valence-electron chi connectivity index (χ3n) is 2.96. The van der Waals surface area contributed by atoms with Crippen LogP contribution >= 0.6 is 0 Å². The minimum atomic E-state index is 0.286. The van der Waals surface area contributed by atoms with E-state index in [4.69, 9.17) is 5.11 Å². The molecule has 0 aliphatic heterocycles. The number of aliphatic hydroxyl groups excluding tert-OH is 1. The second-order valence-corrected chi connectivity index (χ2v) is 5.00. The van der Waals surface area contributed by atoms with Crippen molar-refractivity contribution in [2.45, 2.75) is 87.6 Å². The summed E-state index contributed by atoms with van der Waals surface area (Å²) < 4.78 is 0. The van der Waals surface area contributed by atoms with Crippen LogP contribution in [-0.2, 0) is 0 Å². The fraction of sp³-hybridized carbons (Fsp3) is 0.727. The van der Waals surface area contributed by atoms with Gasteiger partial charge in [0.1, 0.15) is 0 Å². The van der Waals surface area contributed by atoms with Crippen molar-refractivity contribution >= 4 is 5.69 Å². The van der Waals surface area contributed by atoms with Crippen LogP contribution in [0, 0.1) is 0 Å². The van der Waals surface area contributed by atoms with Crippen molar-refractivity contribution in [3.8, 4) is 0 Å². The third-order valence-corrected chi connectivity index (χ3v) is 2.96. The number of anilines is 1. The molecule has 3 nitrogen and oxygen atoms in total. The minimum absolute atomic E-state index is 0.286. The Balaban J connectivity index is -0.000000139. The van der Waals surface area contributed by atoms with Crippen LogP contribution in [0.4, 0.5) is 5.69 Å². The van der Waals surface area contributed by atoms with Gasteiger partial charge in [0.25, 0.3) is 0 Å². The fourth-order valence-electron chi connectivity index (χ4n) is 1.70. The topological polar surface area (TPSA) is 44.3 Å². The maximum absolute atomic E-state index is 8.42. The average Bonchev–Trinajstić information content (AvgIpc) is 2.67. The monoisotopic (exact) mass is 356 g/mol. The molecule has 0 amide bonds. The van der Waals surface area contributed by atoms with Gasteiger partial charge in [0.05, 0.1) is 0 Å². The average molecular weight is 357 g/mol. The van der Waals surface area contributed by atoms with Crippen LogP contribution in [0.15, 0.2) is 24.3 Å². The summed E-state index contributed by atoms with van der Waals surface area (Å²) in [6, 6.07) is 8.97. The van der Waals surface area contributed by atoms with Crippen molar-refractivity contribution in [3.63, 3.8) is 0 Å². The summed E-state index contributed by atoms with van der Waals surface area (Å²) in [6.45, 7) is 21.8. The van der Waals surface area contributed by atoms with Crippen molar-refractivity contribution in [2.75, 3.05) is 25.5 Å². The Morgan fingerprint density at radius 3 is 1.84 bits per heavy atom. The maximum Gasteiger partial charge on any atom is 0.0445 e. The van der Waals surface area contributed by atoms with E-state index in [0.29, 0.717) is 12.0 Å². The molecule has 1 unspecified atom stereocenters. The maximum atomic E-state index is 8.42. The number of hydrogen-bond acceptors (Lipinski definition) is 3. The molecule has 0 aliphatic rings. The molecular formula is C22H48N2O. The van der Waals surface area contributed by atoms with Gasteiger partial charge in [-0.1, -0.05) is 74.4 Å². The van der Waals surface area contributed by atoms with Crippen LogP contribution in [0.25, 0.3) is 0 Å². The zero-order valence-corrected chi connectivity index (χ0v) is 19.0. The lowest BCUT2D eigenvalue weighted by Gasteiger charge is -2.08. The molecule has 3 N–H and O–H groups in total. The number of nitrogens with one attached hydrogen (secondary N) is 2. The molecule has 0 heterocycles. The zero-order valence-electron chi connectivity index (χ0n) is 19.0. The molecule has 0 fully saturated rings. The van der Waals surface area contributed by atoms with E-state index >= 15 is 0 Å². The van der Waals surface area contributed by atoms with Crippen LogP contribution in [0.3, 0.4) is 0 Å². The fourth-order valence-corrected chi connectivity index (χ4v) is 1.70. The van der Waals surface area contributed by atoms with Crippen molar-refractivity contribution in [1.82, 2.24) is 5.32 Å². The van der Waals surface area contributed by atoms with E-state index in [1.807, 2.05) is 48.6 Å². The van der Waals surface area contributed by atoms with Crippen molar-refractivity contribution in [3.05, 3.63) is 29.8 Å². The van der Waals surface area contributed by atoms with E-state index in [0.717, 1.165) is 13.0 Å². The number of rotatable bonds is 6. The normalized spacial score (nSPS) is 9.64. The highest BCUT2D eigenvalue weighted by Crippen LogP contribution is 2.17. The Labute approximate surface area is 159 Å². The van der Waals surface area contributed by atoms with Crippen LogP contribution in [-0.4, -0.2) is 31.3 Å². The lowest BCUT2D eigenvalue weighted by atomic mass is 10.0. The minimum Gasteiger partial charge on any atom is -0.396 e. The van der Waals surface area contributed by atoms with Crippen LogP contribution < -0.4 is 10.6 Å². The molecule has 1 aromatic carbocycles. The number of hydrogen-bond donors (Lipinski definition) is 3. The van der Waals surface area contributed by atoms with Gasteiger partial charge in [-0.15, -0.1) is 0 Å². The van der Waals surface area contributed by atoms with Gasteiger partial charge in [0, 0.05) is 25.4 Å². The van der Waals surface area contributed by atoms with E-state index in [1.54, 1.807) is 0 Å². The molecule has 1 atom stereocenters. The first-order valence-electron chi connectivity index (χ1n) is 10.2. The molecule has 152 valence electrons. The van der Waals surface area contributed by atoms with Crippen molar-refractivity contribution < 1.29 is 5.11 Å². The Morgan fingerprint density at radius 2 is 1.48 bits per heavy atom. The van der Waals surface area contributed by atoms with E-state index < -0.39 is 0 Å². The molecule has 0 aromatic heterocycles. The lowest BCUT2D eigenvalue weighted by Crippen LogP contribution is -2.26. The van der Waals surface area contributed by atoms with Gasteiger partial charge in [-0.25, -0.2) is 0 Å². The predicted octanol–water partition coefficient (Wildman–Crippen LogP) is 6.30. The van der Waals surface area contributed by atoms with Crippen LogP contribution in [0.2, 0.25) is 0 Å². The molecule has 0 saturated heterocycles. The number of benzene rings is 1. The molecule has 0 radical (unpaired) electrons. The summed E-state index contributed by atoms with van der Waals surface area (Å²) in [5.74, 6) is 0.614. The molecule has 0 spiro atoms. The van der Waals surface area contributed by atoms with Crippen LogP contribution in [0.1, 0.15) is 87.1 Å². The quantitative estimate of drug-likeness (QED) is 0.560. The number of aliphatic hydroxyl groups is 1.